The molecule has 1 aromatic rings. The number of carboxylic acid groups (broad SMARTS) is 1. The van der Waals surface area contributed by atoms with E-state index in [1.165, 1.54) is 0 Å². The van der Waals surface area contributed by atoms with Crippen LogP contribution in [0.3, 0.4) is 0 Å². The van der Waals surface area contributed by atoms with Gasteiger partial charge >= 0.3 is 5.97 Å². The minimum absolute atomic E-state index is 0.0535. The largest absolute Gasteiger partial charge is 0.481 e. The predicted molar refractivity (Wildman–Crippen MR) is 71.9 cm³/mol. The van der Waals surface area contributed by atoms with Crippen LogP contribution in [0.1, 0.15) is 12.8 Å². The average Bonchev–Trinajstić information content (AvgIpc) is 2.76. The Balaban J connectivity index is 1.76. The number of rotatable bonds is 5. The number of anilines is 1. The van der Waals surface area contributed by atoms with E-state index in [1.54, 1.807) is 0 Å². The SMILES string of the molecule is O=C(O)CC1CCN(CC(=O)Nc2ccccc2)C1. The van der Waals surface area contributed by atoms with Gasteiger partial charge in [-0.3, -0.25) is 14.5 Å². The minimum atomic E-state index is -0.763. The first-order chi connectivity index (χ1) is 9.13. The van der Waals surface area contributed by atoms with Gasteiger partial charge in [-0.05, 0) is 31.0 Å². The summed E-state index contributed by atoms with van der Waals surface area (Å²) in [5, 5.41) is 11.6. The average molecular weight is 262 g/mol. The lowest BCUT2D eigenvalue weighted by Crippen LogP contribution is -2.31. The molecule has 1 aromatic carbocycles. The van der Waals surface area contributed by atoms with Gasteiger partial charge in [0.2, 0.25) is 5.91 Å². The summed E-state index contributed by atoms with van der Waals surface area (Å²) >= 11 is 0. The third-order valence-electron chi connectivity index (χ3n) is 3.26. The maximum Gasteiger partial charge on any atom is 0.303 e. The summed E-state index contributed by atoms with van der Waals surface area (Å²) in [6, 6.07) is 9.32. The van der Waals surface area contributed by atoms with Crippen LogP contribution in [0.15, 0.2) is 30.3 Å². The van der Waals surface area contributed by atoms with Crippen molar-refractivity contribution >= 4 is 17.6 Å². The van der Waals surface area contributed by atoms with Crippen LogP contribution in [0.4, 0.5) is 5.69 Å². The molecule has 0 radical (unpaired) electrons. The highest BCUT2D eigenvalue weighted by molar-refractivity contribution is 5.92. The van der Waals surface area contributed by atoms with Crippen molar-refractivity contribution in [3.05, 3.63) is 30.3 Å². The molecule has 0 aliphatic carbocycles. The van der Waals surface area contributed by atoms with Gasteiger partial charge in [0, 0.05) is 18.7 Å². The summed E-state index contributed by atoms with van der Waals surface area (Å²) in [5.41, 5.74) is 0.786. The molecule has 5 heteroatoms. The molecule has 0 bridgehead atoms. The van der Waals surface area contributed by atoms with Crippen molar-refractivity contribution in [2.24, 2.45) is 5.92 Å². The number of para-hydroxylation sites is 1. The maximum atomic E-state index is 11.8. The Kier molecular flexibility index (Phi) is 4.52. The summed E-state index contributed by atoms with van der Waals surface area (Å²) in [7, 11) is 0. The van der Waals surface area contributed by atoms with Gasteiger partial charge in [0.25, 0.3) is 0 Å². The van der Waals surface area contributed by atoms with Crippen LogP contribution in [0.2, 0.25) is 0 Å². The van der Waals surface area contributed by atoms with Crippen molar-refractivity contribution < 1.29 is 14.7 Å². The zero-order chi connectivity index (χ0) is 13.7. The second kappa shape index (κ2) is 6.33. The molecule has 1 amide bonds. The number of carboxylic acids is 1. The van der Waals surface area contributed by atoms with E-state index in [0.29, 0.717) is 13.1 Å². The first-order valence-corrected chi connectivity index (χ1v) is 6.42. The zero-order valence-corrected chi connectivity index (χ0v) is 10.7. The fourth-order valence-electron chi connectivity index (χ4n) is 2.40. The third kappa shape index (κ3) is 4.37. The Bertz CT molecular complexity index is 447. The number of nitrogens with zero attached hydrogens (tertiary/aromatic N) is 1. The van der Waals surface area contributed by atoms with Gasteiger partial charge in [-0.25, -0.2) is 0 Å². The summed E-state index contributed by atoms with van der Waals surface area (Å²) in [6.45, 7) is 1.81. The molecular formula is C14H18N2O3. The lowest BCUT2D eigenvalue weighted by molar-refractivity contribution is -0.138. The van der Waals surface area contributed by atoms with E-state index >= 15 is 0 Å². The molecule has 1 aliphatic rings. The predicted octanol–water partition coefficient (Wildman–Crippen LogP) is 1.42. The molecule has 1 fully saturated rings. The summed E-state index contributed by atoms with van der Waals surface area (Å²) < 4.78 is 0. The van der Waals surface area contributed by atoms with Crippen molar-refractivity contribution in [2.75, 3.05) is 25.0 Å². The van der Waals surface area contributed by atoms with Gasteiger partial charge < -0.3 is 10.4 Å². The van der Waals surface area contributed by atoms with Gasteiger partial charge in [-0.2, -0.15) is 0 Å². The number of carbonyl (C=O) groups is 2. The third-order valence-corrected chi connectivity index (χ3v) is 3.26. The molecule has 2 rings (SSSR count). The number of amides is 1. The Morgan fingerprint density at radius 1 is 1.32 bits per heavy atom. The van der Waals surface area contributed by atoms with E-state index in [1.807, 2.05) is 35.2 Å². The van der Waals surface area contributed by atoms with Crippen molar-refractivity contribution in [2.45, 2.75) is 12.8 Å². The molecule has 1 aliphatic heterocycles. The number of likely N-dealkylation sites (tertiary alicyclic amines) is 1. The minimum Gasteiger partial charge on any atom is -0.481 e. The first-order valence-electron chi connectivity index (χ1n) is 6.42. The van der Waals surface area contributed by atoms with Gasteiger partial charge in [0.1, 0.15) is 0 Å². The Hall–Kier alpha value is -1.88. The quantitative estimate of drug-likeness (QED) is 0.842. The molecule has 1 unspecified atom stereocenters. The van der Waals surface area contributed by atoms with Crippen LogP contribution in [0.25, 0.3) is 0 Å². The smallest absolute Gasteiger partial charge is 0.303 e. The molecule has 1 heterocycles. The van der Waals surface area contributed by atoms with Crippen molar-refractivity contribution in [1.29, 1.82) is 0 Å². The number of nitrogens with one attached hydrogen (secondary N) is 1. The van der Waals surface area contributed by atoms with Crippen LogP contribution >= 0.6 is 0 Å². The summed E-state index contributed by atoms with van der Waals surface area (Å²) in [4.78, 5) is 24.5. The second-order valence-electron chi connectivity index (χ2n) is 4.90. The van der Waals surface area contributed by atoms with Crippen LogP contribution in [0, 0.1) is 5.92 Å². The monoisotopic (exact) mass is 262 g/mol. The molecule has 1 saturated heterocycles. The van der Waals surface area contributed by atoms with Crippen LogP contribution < -0.4 is 5.32 Å². The number of carbonyl (C=O) groups excluding carboxylic acids is 1. The maximum absolute atomic E-state index is 11.8. The number of aliphatic carboxylic acids is 1. The number of hydrogen-bond donors (Lipinski definition) is 2. The van der Waals surface area contributed by atoms with Crippen LogP contribution in [0.5, 0.6) is 0 Å². The molecule has 5 nitrogen and oxygen atoms in total. The molecular weight excluding hydrogens is 244 g/mol. The molecule has 0 spiro atoms. The molecule has 19 heavy (non-hydrogen) atoms. The van der Waals surface area contributed by atoms with E-state index < -0.39 is 5.97 Å². The van der Waals surface area contributed by atoms with E-state index in [4.69, 9.17) is 5.11 Å². The zero-order valence-electron chi connectivity index (χ0n) is 10.7. The normalized spacial score (nSPS) is 19.3. The topological polar surface area (TPSA) is 69.6 Å². The van der Waals surface area contributed by atoms with Gasteiger partial charge in [-0.1, -0.05) is 18.2 Å². The molecule has 1 atom stereocenters. The van der Waals surface area contributed by atoms with Crippen molar-refractivity contribution in [1.82, 2.24) is 4.90 Å². The van der Waals surface area contributed by atoms with Crippen LogP contribution in [-0.2, 0) is 9.59 Å². The highest BCUT2D eigenvalue weighted by atomic mass is 16.4. The van der Waals surface area contributed by atoms with Crippen molar-refractivity contribution in [3.63, 3.8) is 0 Å². The fraction of sp³-hybridized carbons (Fsp3) is 0.429. The van der Waals surface area contributed by atoms with Crippen LogP contribution in [-0.4, -0.2) is 41.5 Å². The standard InChI is InChI=1S/C14H18N2O3/c17-13(15-12-4-2-1-3-5-12)10-16-7-6-11(9-16)8-14(18)19/h1-5,11H,6-10H2,(H,15,17)(H,18,19). The molecule has 0 saturated carbocycles. The Morgan fingerprint density at radius 3 is 2.74 bits per heavy atom. The van der Waals surface area contributed by atoms with Gasteiger partial charge in [-0.15, -0.1) is 0 Å². The molecule has 2 N–H and O–H groups in total. The number of benzene rings is 1. The highest BCUT2D eigenvalue weighted by Crippen LogP contribution is 2.19. The lowest BCUT2D eigenvalue weighted by atomic mass is 10.1. The van der Waals surface area contributed by atoms with E-state index in [9.17, 15) is 9.59 Å². The van der Waals surface area contributed by atoms with E-state index in [0.717, 1.165) is 18.7 Å². The number of hydrogen-bond acceptors (Lipinski definition) is 3. The lowest BCUT2D eigenvalue weighted by Gasteiger charge is -2.15. The Labute approximate surface area is 112 Å². The Morgan fingerprint density at radius 2 is 2.05 bits per heavy atom. The summed E-state index contributed by atoms with van der Waals surface area (Å²) in [6.07, 6.45) is 1.04. The highest BCUT2D eigenvalue weighted by Gasteiger charge is 2.25. The van der Waals surface area contributed by atoms with Crippen molar-refractivity contribution in [3.8, 4) is 0 Å². The molecule has 0 aromatic heterocycles. The van der Waals surface area contributed by atoms with Gasteiger partial charge in [0.05, 0.1) is 6.54 Å². The first kappa shape index (κ1) is 13.5. The van der Waals surface area contributed by atoms with E-state index in [-0.39, 0.29) is 18.2 Å². The second-order valence-corrected chi connectivity index (χ2v) is 4.90. The fourth-order valence-corrected chi connectivity index (χ4v) is 2.40. The summed E-state index contributed by atoms with van der Waals surface area (Å²) in [5.74, 6) is -0.648. The molecule has 102 valence electrons. The van der Waals surface area contributed by atoms with E-state index in [2.05, 4.69) is 5.32 Å². The van der Waals surface area contributed by atoms with Gasteiger partial charge in [0.15, 0.2) is 0 Å².